The number of benzene rings is 1. The maximum Gasteiger partial charge on any atom is 0.255 e. The molecule has 0 aliphatic carbocycles. The molecule has 1 aromatic carbocycles. The molecule has 0 aliphatic rings. The number of hydrogen-bond acceptors (Lipinski definition) is 6. The number of allylic oxidation sites excluding steroid dienone is 6. The second kappa shape index (κ2) is 11.7. The van der Waals surface area contributed by atoms with Crippen molar-refractivity contribution in [2.45, 2.75) is 45.4 Å². The van der Waals surface area contributed by atoms with Crippen molar-refractivity contribution in [2.75, 3.05) is 6.26 Å². The largest absolute Gasteiger partial charge is 0.402 e. The van der Waals surface area contributed by atoms with Gasteiger partial charge in [0.05, 0.1) is 16.1 Å². The first-order chi connectivity index (χ1) is 16.4. The number of nitrogens with two attached hydrogens (primary N) is 1. The number of pyridine rings is 1. The highest BCUT2D eigenvalue weighted by Crippen LogP contribution is 2.26. The third-order valence-corrected chi connectivity index (χ3v) is 6.20. The molecule has 0 bridgehead atoms. The maximum atomic E-state index is 14.3. The first-order valence-corrected chi connectivity index (χ1v) is 12.8. The molecule has 0 fully saturated rings. The Morgan fingerprint density at radius 3 is 2.51 bits per heavy atom. The Morgan fingerprint density at radius 2 is 1.97 bits per heavy atom. The van der Waals surface area contributed by atoms with Crippen LogP contribution in [0.2, 0.25) is 0 Å². The summed E-state index contributed by atoms with van der Waals surface area (Å²) >= 11 is 0. The third-order valence-electron chi connectivity index (χ3n) is 5.09. The van der Waals surface area contributed by atoms with E-state index in [9.17, 15) is 17.6 Å². The van der Waals surface area contributed by atoms with E-state index in [4.69, 9.17) is 5.73 Å². The van der Waals surface area contributed by atoms with Crippen LogP contribution in [-0.4, -0.2) is 32.3 Å². The molecule has 1 amide bonds. The number of amides is 1. The van der Waals surface area contributed by atoms with Crippen LogP contribution in [-0.2, 0) is 21.1 Å². The predicted octanol–water partition coefficient (Wildman–Crippen LogP) is 4.59. The second-order valence-electron chi connectivity index (χ2n) is 8.19. The average Bonchev–Trinajstić information content (AvgIpc) is 2.77. The Hall–Kier alpha value is -3.59. The highest BCUT2D eigenvalue weighted by molar-refractivity contribution is 7.91. The van der Waals surface area contributed by atoms with E-state index < -0.39 is 21.6 Å². The van der Waals surface area contributed by atoms with Gasteiger partial charge in [-0.05, 0) is 75.4 Å². The van der Waals surface area contributed by atoms with Gasteiger partial charge in [0, 0.05) is 41.2 Å². The molecule has 0 unspecified atom stereocenters. The average molecular weight is 499 g/mol. The SMILES string of the molecule is C=N/C(=C\C(=C/C)C(=O)N/C(CC)=C(F)/C=C(\C)N)Cc1cc(S(C)(=O)=O)c2ncc(C)cc2c1. The summed E-state index contributed by atoms with van der Waals surface area (Å²) in [6, 6.07) is 5.26. The second-order valence-corrected chi connectivity index (χ2v) is 10.2. The standard InChI is InChI=1S/C26H31FN4O3S/c1-7-19(26(32)31-23(8-2)22(27)10-17(4)28)14-21(29-5)12-18-11-20-9-16(3)15-30-25(20)24(13-18)35(6,33)34/h7,9-11,13-15H,5,8,12,28H2,1-4,6H3,(H,31,32)/b17-10+,19-7+,21-14-,23-22-. The van der Waals surface area contributed by atoms with Crippen LogP contribution in [0.3, 0.4) is 0 Å². The molecule has 0 saturated carbocycles. The first-order valence-electron chi connectivity index (χ1n) is 11.0. The van der Waals surface area contributed by atoms with Gasteiger partial charge in [-0.25, -0.2) is 12.8 Å². The molecule has 9 heteroatoms. The van der Waals surface area contributed by atoms with Gasteiger partial charge in [-0.2, -0.15) is 0 Å². The number of carbonyl (C=O) groups excluding carboxylic acids is 1. The zero-order chi connectivity index (χ0) is 26.3. The summed E-state index contributed by atoms with van der Waals surface area (Å²) in [6.07, 6.45) is 7.50. The van der Waals surface area contributed by atoms with Gasteiger partial charge in [0.2, 0.25) is 0 Å². The summed E-state index contributed by atoms with van der Waals surface area (Å²) < 4.78 is 39.2. The number of aryl methyl sites for hydroxylation is 1. The Morgan fingerprint density at radius 1 is 1.29 bits per heavy atom. The molecule has 1 aromatic heterocycles. The predicted molar refractivity (Wildman–Crippen MR) is 139 cm³/mol. The van der Waals surface area contributed by atoms with Crippen LogP contribution in [0.4, 0.5) is 4.39 Å². The fourth-order valence-corrected chi connectivity index (χ4v) is 4.29. The lowest BCUT2D eigenvalue weighted by atomic mass is 10.0. The molecule has 0 spiro atoms. The number of sulfone groups is 1. The van der Waals surface area contributed by atoms with Gasteiger partial charge < -0.3 is 11.1 Å². The number of nitrogens with zero attached hydrogens (tertiary/aromatic N) is 2. The topological polar surface area (TPSA) is 115 Å². The van der Waals surface area contributed by atoms with Crippen molar-refractivity contribution < 1.29 is 17.6 Å². The molecule has 35 heavy (non-hydrogen) atoms. The monoisotopic (exact) mass is 498 g/mol. The Bertz CT molecular complexity index is 1380. The summed E-state index contributed by atoms with van der Waals surface area (Å²) in [4.78, 5) is 21.3. The van der Waals surface area contributed by atoms with Gasteiger partial charge in [0.25, 0.3) is 5.91 Å². The van der Waals surface area contributed by atoms with Crippen molar-refractivity contribution in [1.29, 1.82) is 0 Å². The summed E-state index contributed by atoms with van der Waals surface area (Å²) in [5.74, 6) is -1.13. The molecule has 3 N–H and O–H groups in total. The Balaban J connectivity index is 2.44. The minimum atomic E-state index is -3.54. The minimum absolute atomic E-state index is 0.107. The summed E-state index contributed by atoms with van der Waals surface area (Å²) in [6.45, 7) is 10.4. The number of nitrogens with one attached hydrogen (secondary N) is 1. The lowest BCUT2D eigenvalue weighted by molar-refractivity contribution is -0.116. The zero-order valence-corrected chi connectivity index (χ0v) is 21.5. The van der Waals surface area contributed by atoms with E-state index in [0.717, 1.165) is 17.9 Å². The normalized spacial score (nSPS) is 14.1. The van der Waals surface area contributed by atoms with Gasteiger partial charge in [-0.1, -0.05) is 13.0 Å². The van der Waals surface area contributed by atoms with E-state index in [0.29, 0.717) is 22.2 Å². The van der Waals surface area contributed by atoms with Gasteiger partial charge in [0.15, 0.2) is 9.84 Å². The number of aliphatic imine (C=N–C) groups is 1. The fraction of sp³-hybridized carbons (Fsp3) is 0.269. The number of carbonyl (C=O) groups is 1. The lowest BCUT2D eigenvalue weighted by Crippen LogP contribution is -2.24. The van der Waals surface area contributed by atoms with Gasteiger partial charge >= 0.3 is 0 Å². The molecule has 2 rings (SSSR count). The van der Waals surface area contributed by atoms with E-state index in [2.05, 4.69) is 22.0 Å². The summed E-state index contributed by atoms with van der Waals surface area (Å²) in [5, 5.41) is 3.27. The van der Waals surface area contributed by atoms with Crippen LogP contribution in [0.5, 0.6) is 0 Å². The molecule has 7 nitrogen and oxygen atoms in total. The lowest BCUT2D eigenvalue weighted by Gasteiger charge is -2.11. The van der Waals surface area contributed by atoms with Crippen LogP contribution in [0.1, 0.15) is 38.3 Å². The molecule has 2 aromatic rings. The quantitative estimate of drug-likeness (QED) is 0.298. The number of hydrogen-bond donors (Lipinski definition) is 2. The van der Waals surface area contributed by atoms with Crippen molar-refractivity contribution in [3.8, 4) is 0 Å². The number of aromatic nitrogens is 1. The van der Waals surface area contributed by atoms with E-state index in [1.807, 2.05) is 19.1 Å². The van der Waals surface area contributed by atoms with Crippen LogP contribution in [0.25, 0.3) is 10.9 Å². The molecule has 0 aliphatic heterocycles. The molecule has 0 saturated heterocycles. The number of fused-ring (bicyclic) bond motifs is 1. The Kier molecular flexibility index (Phi) is 9.25. The summed E-state index contributed by atoms with van der Waals surface area (Å²) in [7, 11) is -3.54. The zero-order valence-electron chi connectivity index (χ0n) is 20.6. The van der Waals surface area contributed by atoms with Crippen molar-refractivity contribution >= 4 is 33.4 Å². The molecule has 186 valence electrons. The van der Waals surface area contributed by atoms with E-state index in [1.54, 1.807) is 39.1 Å². The van der Waals surface area contributed by atoms with Crippen molar-refractivity contribution in [3.63, 3.8) is 0 Å². The third kappa shape index (κ3) is 7.45. The van der Waals surface area contributed by atoms with E-state index in [-0.39, 0.29) is 34.7 Å². The smallest absolute Gasteiger partial charge is 0.255 e. The first kappa shape index (κ1) is 27.7. The molecular weight excluding hydrogens is 467 g/mol. The van der Waals surface area contributed by atoms with E-state index in [1.165, 1.54) is 6.08 Å². The van der Waals surface area contributed by atoms with Gasteiger partial charge in [-0.3, -0.25) is 14.8 Å². The molecule has 0 radical (unpaired) electrons. The Labute approximate surface area is 206 Å². The van der Waals surface area contributed by atoms with Crippen LogP contribution in [0.15, 0.2) is 81.0 Å². The van der Waals surface area contributed by atoms with Crippen molar-refractivity contribution in [3.05, 3.63) is 82.2 Å². The summed E-state index contributed by atoms with van der Waals surface area (Å²) in [5.41, 5.74) is 8.57. The van der Waals surface area contributed by atoms with Crippen LogP contribution in [0, 0.1) is 6.92 Å². The van der Waals surface area contributed by atoms with Crippen molar-refractivity contribution in [2.24, 2.45) is 10.7 Å². The van der Waals surface area contributed by atoms with Crippen LogP contribution < -0.4 is 11.1 Å². The van der Waals surface area contributed by atoms with Gasteiger partial charge in [-0.15, -0.1) is 0 Å². The van der Waals surface area contributed by atoms with Gasteiger partial charge in [0.1, 0.15) is 5.83 Å². The van der Waals surface area contributed by atoms with E-state index >= 15 is 0 Å². The molecular formula is C26H31FN4O3S. The minimum Gasteiger partial charge on any atom is -0.402 e. The maximum absolute atomic E-state index is 14.3. The highest BCUT2D eigenvalue weighted by Gasteiger charge is 2.17. The highest BCUT2D eigenvalue weighted by atomic mass is 32.2. The molecule has 0 atom stereocenters. The molecule has 1 heterocycles. The number of rotatable bonds is 9. The fourth-order valence-electron chi connectivity index (χ4n) is 3.40. The number of halogens is 1. The van der Waals surface area contributed by atoms with Crippen LogP contribution >= 0.6 is 0 Å². The van der Waals surface area contributed by atoms with Crippen molar-refractivity contribution in [1.82, 2.24) is 10.3 Å².